The Kier molecular flexibility index (Phi) is 4.14. The molecule has 1 heterocycles. The van der Waals surface area contributed by atoms with E-state index in [0.29, 0.717) is 6.04 Å². The van der Waals surface area contributed by atoms with Crippen LogP contribution in [0, 0.1) is 0 Å². The highest BCUT2D eigenvalue weighted by Gasteiger charge is 1.98. The van der Waals surface area contributed by atoms with Crippen LogP contribution >= 0.6 is 11.3 Å². The monoisotopic (exact) mass is 201 g/mol. The molecule has 74 valence electrons. The summed E-state index contributed by atoms with van der Waals surface area (Å²) in [5.41, 5.74) is 0.957. The number of H-pyrrole nitrogens is 1. The molecule has 0 aliphatic carbocycles. The average molecular weight is 201 g/mol. The van der Waals surface area contributed by atoms with E-state index in [-0.39, 0.29) is 4.87 Å². The maximum absolute atomic E-state index is 10.8. The standard InChI is InChI=1S/C8H15N3OS/c1-6(9-2)3-10-4-7-5-13-8(12)11-7/h5-6,9-10H,3-4H2,1-2H3,(H,11,12). The van der Waals surface area contributed by atoms with Crippen LogP contribution in [0.1, 0.15) is 12.6 Å². The quantitative estimate of drug-likeness (QED) is 0.635. The van der Waals surface area contributed by atoms with Crippen LogP contribution in [0.2, 0.25) is 0 Å². The first-order chi connectivity index (χ1) is 6.22. The van der Waals surface area contributed by atoms with Gasteiger partial charge in [-0.3, -0.25) is 4.79 Å². The summed E-state index contributed by atoms with van der Waals surface area (Å²) in [7, 11) is 1.93. The normalized spacial score (nSPS) is 13.1. The molecule has 5 heteroatoms. The average Bonchev–Trinajstić information content (AvgIpc) is 2.51. The Labute approximate surface area is 81.4 Å². The van der Waals surface area contributed by atoms with Crippen LogP contribution in [-0.4, -0.2) is 24.6 Å². The Morgan fingerprint density at radius 3 is 3.00 bits per heavy atom. The van der Waals surface area contributed by atoms with Crippen molar-refractivity contribution in [3.8, 4) is 0 Å². The number of likely N-dealkylation sites (N-methyl/N-ethyl adjacent to an activating group) is 1. The Bertz CT molecular complexity index is 294. The molecule has 0 fully saturated rings. The summed E-state index contributed by atoms with van der Waals surface area (Å²) < 4.78 is 0. The molecule has 13 heavy (non-hydrogen) atoms. The molecule has 1 aromatic rings. The summed E-state index contributed by atoms with van der Waals surface area (Å²) in [6.07, 6.45) is 0. The molecule has 3 N–H and O–H groups in total. The third kappa shape index (κ3) is 3.71. The zero-order chi connectivity index (χ0) is 9.68. The van der Waals surface area contributed by atoms with E-state index >= 15 is 0 Å². The lowest BCUT2D eigenvalue weighted by atomic mass is 10.3. The largest absolute Gasteiger partial charge is 0.316 e. The minimum Gasteiger partial charge on any atom is -0.316 e. The first-order valence-electron chi connectivity index (χ1n) is 4.27. The third-order valence-electron chi connectivity index (χ3n) is 1.83. The van der Waals surface area contributed by atoms with Gasteiger partial charge in [0.05, 0.1) is 0 Å². The van der Waals surface area contributed by atoms with E-state index in [9.17, 15) is 4.79 Å². The summed E-state index contributed by atoms with van der Waals surface area (Å²) >= 11 is 1.20. The van der Waals surface area contributed by atoms with Crippen molar-refractivity contribution in [1.82, 2.24) is 15.6 Å². The van der Waals surface area contributed by atoms with Crippen LogP contribution in [0.25, 0.3) is 0 Å². The van der Waals surface area contributed by atoms with Gasteiger partial charge in [0.1, 0.15) is 0 Å². The van der Waals surface area contributed by atoms with Gasteiger partial charge in [-0.25, -0.2) is 0 Å². The first kappa shape index (κ1) is 10.4. The zero-order valence-corrected chi connectivity index (χ0v) is 8.70. The minimum atomic E-state index is 0.0125. The van der Waals surface area contributed by atoms with Gasteiger partial charge in [0, 0.05) is 30.2 Å². The van der Waals surface area contributed by atoms with Crippen molar-refractivity contribution in [1.29, 1.82) is 0 Å². The van der Waals surface area contributed by atoms with E-state index in [2.05, 4.69) is 22.5 Å². The number of rotatable bonds is 5. The summed E-state index contributed by atoms with van der Waals surface area (Å²) in [5.74, 6) is 0. The van der Waals surface area contributed by atoms with Crippen LogP contribution in [0.5, 0.6) is 0 Å². The molecule has 0 bridgehead atoms. The van der Waals surface area contributed by atoms with Crippen molar-refractivity contribution in [2.24, 2.45) is 0 Å². The Balaban J connectivity index is 2.24. The number of thiazole rings is 1. The van der Waals surface area contributed by atoms with E-state index in [1.54, 1.807) is 0 Å². The van der Waals surface area contributed by atoms with Crippen LogP contribution < -0.4 is 15.5 Å². The van der Waals surface area contributed by atoms with Gasteiger partial charge in [-0.1, -0.05) is 11.3 Å². The molecule has 0 saturated carbocycles. The van der Waals surface area contributed by atoms with E-state index in [4.69, 9.17) is 0 Å². The number of hydrogen-bond donors (Lipinski definition) is 3. The molecule has 4 nitrogen and oxygen atoms in total. The summed E-state index contributed by atoms with van der Waals surface area (Å²) in [5, 5.41) is 8.21. The highest BCUT2D eigenvalue weighted by molar-refractivity contribution is 7.07. The summed E-state index contributed by atoms with van der Waals surface area (Å²) in [6.45, 7) is 3.72. The van der Waals surface area contributed by atoms with Crippen LogP contribution in [0.4, 0.5) is 0 Å². The topological polar surface area (TPSA) is 56.9 Å². The van der Waals surface area contributed by atoms with Gasteiger partial charge in [0.25, 0.3) is 0 Å². The third-order valence-corrected chi connectivity index (χ3v) is 2.55. The van der Waals surface area contributed by atoms with Crippen molar-refractivity contribution < 1.29 is 0 Å². The zero-order valence-electron chi connectivity index (χ0n) is 7.89. The molecule has 0 saturated heterocycles. The molecule has 1 atom stereocenters. The van der Waals surface area contributed by atoms with Crippen LogP contribution in [0.3, 0.4) is 0 Å². The van der Waals surface area contributed by atoms with Gasteiger partial charge in [-0.2, -0.15) is 0 Å². The van der Waals surface area contributed by atoms with Gasteiger partial charge in [0.15, 0.2) is 0 Å². The van der Waals surface area contributed by atoms with Gasteiger partial charge in [-0.15, -0.1) is 0 Å². The minimum absolute atomic E-state index is 0.0125. The molecule has 1 aromatic heterocycles. The molecular weight excluding hydrogens is 186 g/mol. The van der Waals surface area contributed by atoms with E-state index < -0.39 is 0 Å². The fourth-order valence-electron chi connectivity index (χ4n) is 0.926. The van der Waals surface area contributed by atoms with Crippen LogP contribution in [0.15, 0.2) is 10.2 Å². The maximum atomic E-state index is 10.8. The highest BCUT2D eigenvalue weighted by atomic mass is 32.1. The SMILES string of the molecule is CNC(C)CNCc1csc(=O)[nH]1. The fourth-order valence-corrected chi connectivity index (χ4v) is 1.51. The second kappa shape index (κ2) is 5.16. The smallest absolute Gasteiger partial charge is 0.304 e. The molecule has 0 spiro atoms. The van der Waals surface area contributed by atoms with Gasteiger partial charge < -0.3 is 15.6 Å². The Morgan fingerprint density at radius 1 is 1.69 bits per heavy atom. The van der Waals surface area contributed by atoms with Gasteiger partial charge in [-0.05, 0) is 14.0 Å². The van der Waals surface area contributed by atoms with Crippen molar-refractivity contribution in [2.75, 3.05) is 13.6 Å². The number of hydrogen-bond acceptors (Lipinski definition) is 4. The van der Waals surface area contributed by atoms with E-state index in [1.807, 2.05) is 12.4 Å². The number of nitrogens with one attached hydrogen (secondary N) is 3. The van der Waals surface area contributed by atoms with Crippen LogP contribution in [-0.2, 0) is 6.54 Å². The molecule has 0 radical (unpaired) electrons. The summed E-state index contributed by atoms with van der Waals surface area (Å²) in [4.78, 5) is 13.5. The number of aromatic nitrogens is 1. The lowest BCUT2D eigenvalue weighted by molar-refractivity contribution is 0.538. The fraction of sp³-hybridized carbons (Fsp3) is 0.625. The molecule has 1 rings (SSSR count). The predicted molar refractivity (Wildman–Crippen MR) is 55.2 cm³/mol. The van der Waals surface area contributed by atoms with Crippen molar-refractivity contribution >= 4 is 11.3 Å². The number of aromatic amines is 1. The molecule has 0 amide bonds. The first-order valence-corrected chi connectivity index (χ1v) is 5.15. The van der Waals surface area contributed by atoms with Crippen molar-refractivity contribution in [2.45, 2.75) is 19.5 Å². The molecule has 0 aliphatic rings. The molecule has 0 aliphatic heterocycles. The van der Waals surface area contributed by atoms with Gasteiger partial charge in [0.2, 0.25) is 0 Å². The van der Waals surface area contributed by atoms with E-state index in [0.717, 1.165) is 18.8 Å². The Hall–Kier alpha value is -0.650. The second-order valence-electron chi connectivity index (χ2n) is 2.99. The van der Waals surface area contributed by atoms with E-state index in [1.165, 1.54) is 11.3 Å². The summed E-state index contributed by atoms with van der Waals surface area (Å²) in [6, 6.07) is 0.449. The Morgan fingerprint density at radius 2 is 2.46 bits per heavy atom. The second-order valence-corrected chi connectivity index (χ2v) is 3.84. The van der Waals surface area contributed by atoms with Gasteiger partial charge >= 0.3 is 4.87 Å². The lowest BCUT2D eigenvalue weighted by Gasteiger charge is -2.09. The highest BCUT2D eigenvalue weighted by Crippen LogP contribution is 1.94. The lowest BCUT2D eigenvalue weighted by Crippen LogP contribution is -2.33. The van der Waals surface area contributed by atoms with Crippen molar-refractivity contribution in [3.05, 3.63) is 20.7 Å². The van der Waals surface area contributed by atoms with Crippen molar-refractivity contribution in [3.63, 3.8) is 0 Å². The molecule has 1 unspecified atom stereocenters. The predicted octanol–water partition coefficient (Wildman–Crippen LogP) is 0.134. The molecular formula is C8H15N3OS. The maximum Gasteiger partial charge on any atom is 0.304 e. The molecule has 0 aromatic carbocycles.